The van der Waals surface area contributed by atoms with Crippen molar-refractivity contribution in [2.75, 3.05) is 0 Å². The molecule has 0 radical (unpaired) electrons. The molecule has 150 valence electrons. The maximum atomic E-state index is 6.30. The van der Waals surface area contributed by atoms with E-state index < -0.39 is 0 Å². The Morgan fingerprint density at radius 1 is 1.00 bits per heavy atom. The minimum atomic E-state index is 0. The van der Waals surface area contributed by atoms with Crippen molar-refractivity contribution >= 4 is 46.6 Å². The fourth-order valence-corrected chi connectivity index (χ4v) is 3.85. The largest absolute Gasteiger partial charge is 0.487 e. The number of hydrogen-bond donors (Lipinski definition) is 0. The predicted octanol–water partition coefficient (Wildman–Crippen LogP) is 7.01. The van der Waals surface area contributed by atoms with Gasteiger partial charge < -0.3 is 9.30 Å². The van der Waals surface area contributed by atoms with Crippen LogP contribution in [-0.4, -0.2) is 9.55 Å². The second-order valence-electron chi connectivity index (χ2n) is 6.81. The van der Waals surface area contributed by atoms with Crippen molar-refractivity contribution in [1.82, 2.24) is 9.55 Å². The molecule has 4 rings (SSSR count). The first-order chi connectivity index (χ1) is 13.5. The van der Waals surface area contributed by atoms with Crippen LogP contribution in [0.2, 0.25) is 10.0 Å². The lowest BCUT2D eigenvalue weighted by Crippen LogP contribution is -2.04. The van der Waals surface area contributed by atoms with Gasteiger partial charge in [-0.25, -0.2) is 0 Å². The molecule has 0 fully saturated rings. The number of pyridine rings is 1. The molecule has 0 unspecified atom stereocenters. The molecule has 0 bridgehead atoms. The molecule has 29 heavy (non-hydrogen) atoms. The zero-order valence-corrected chi connectivity index (χ0v) is 18.5. The summed E-state index contributed by atoms with van der Waals surface area (Å²) in [5.41, 5.74) is 6.45. The van der Waals surface area contributed by atoms with Crippen molar-refractivity contribution in [3.63, 3.8) is 0 Å². The topological polar surface area (TPSA) is 27.1 Å². The van der Waals surface area contributed by atoms with Crippen molar-refractivity contribution in [1.29, 1.82) is 0 Å². The van der Waals surface area contributed by atoms with Crippen LogP contribution in [0.25, 0.3) is 11.0 Å². The van der Waals surface area contributed by atoms with Gasteiger partial charge in [0.05, 0.1) is 5.52 Å². The first-order valence-electron chi connectivity index (χ1n) is 9.09. The molecule has 4 aromatic rings. The second kappa shape index (κ2) is 9.08. The van der Waals surface area contributed by atoms with Crippen LogP contribution in [0.3, 0.4) is 0 Å². The van der Waals surface area contributed by atoms with Crippen LogP contribution in [0, 0.1) is 13.8 Å². The summed E-state index contributed by atoms with van der Waals surface area (Å²) >= 11 is 12.3. The highest BCUT2D eigenvalue weighted by molar-refractivity contribution is 6.35. The van der Waals surface area contributed by atoms with Crippen molar-refractivity contribution < 1.29 is 4.74 Å². The third kappa shape index (κ3) is 4.37. The van der Waals surface area contributed by atoms with Gasteiger partial charge in [-0.1, -0.05) is 59.6 Å². The number of ether oxygens (including phenoxy) is 1. The van der Waals surface area contributed by atoms with Gasteiger partial charge in [-0.3, -0.25) is 4.98 Å². The van der Waals surface area contributed by atoms with E-state index in [1.807, 2.05) is 24.3 Å². The molecule has 3 nitrogen and oxygen atoms in total. The monoisotopic (exact) mass is 446 g/mol. The highest BCUT2D eigenvalue weighted by atomic mass is 35.5. The molecule has 2 aromatic heterocycles. The first-order valence-corrected chi connectivity index (χ1v) is 9.85. The highest BCUT2D eigenvalue weighted by Crippen LogP contribution is 2.32. The maximum Gasteiger partial charge on any atom is 0.147 e. The van der Waals surface area contributed by atoms with E-state index in [1.54, 1.807) is 12.3 Å². The standard InChI is InChI=1S/C23H20Cl2N2O.ClH/c1-15-16(2)27(13-17-6-4-3-5-7-17)23-21(10-11-26-22(15)23)28-14-18-8-9-19(24)12-20(18)25;/h3-12H,13-14H2,1-2H3;1H. The number of aromatic nitrogens is 2. The molecule has 2 aromatic carbocycles. The minimum absolute atomic E-state index is 0. The number of halogens is 3. The van der Waals surface area contributed by atoms with Crippen molar-refractivity contribution in [2.45, 2.75) is 27.0 Å². The van der Waals surface area contributed by atoms with Gasteiger partial charge >= 0.3 is 0 Å². The molecule has 0 N–H and O–H groups in total. The lowest BCUT2D eigenvalue weighted by atomic mass is 10.2. The summed E-state index contributed by atoms with van der Waals surface area (Å²) in [6.07, 6.45) is 1.79. The van der Waals surface area contributed by atoms with Gasteiger partial charge in [0.15, 0.2) is 0 Å². The average Bonchev–Trinajstić information content (AvgIpc) is 2.94. The molecule has 6 heteroatoms. The van der Waals surface area contributed by atoms with Crippen LogP contribution < -0.4 is 4.74 Å². The Balaban J connectivity index is 0.00000240. The molecule has 0 amide bonds. The van der Waals surface area contributed by atoms with Gasteiger partial charge in [-0.2, -0.15) is 0 Å². The van der Waals surface area contributed by atoms with E-state index in [4.69, 9.17) is 27.9 Å². The quantitative estimate of drug-likeness (QED) is 0.329. The SMILES string of the molecule is Cc1c(C)n(Cc2ccccc2)c2c(OCc3ccc(Cl)cc3Cl)ccnc12.Cl. The minimum Gasteiger partial charge on any atom is -0.487 e. The van der Waals surface area contributed by atoms with E-state index >= 15 is 0 Å². The van der Waals surface area contributed by atoms with E-state index in [0.717, 1.165) is 28.9 Å². The molecule has 0 saturated carbocycles. The van der Waals surface area contributed by atoms with Crippen LogP contribution in [0.1, 0.15) is 22.4 Å². The molecule has 0 aliphatic rings. The molecule has 0 spiro atoms. The maximum absolute atomic E-state index is 6.30. The van der Waals surface area contributed by atoms with Gasteiger partial charge in [-0.05, 0) is 37.1 Å². The van der Waals surface area contributed by atoms with Crippen LogP contribution >= 0.6 is 35.6 Å². The highest BCUT2D eigenvalue weighted by Gasteiger charge is 2.17. The lowest BCUT2D eigenvalue weighted by molar-refractivity contribution is 0.308. The third-order valence-corrected chi connectivity index (χ3v) is 5.63. The Hall–Kier alpha value is -2.20. The molecular formula is C23H21Cl3N2O. The number of benzene rings is 2. The molecule has 0 aliphatic heterocycles. The average molecular weight is 448 g/mol. The van der Waals surface area contributed by atoms with E-state index in [0.29, 0.717) is 16.7 Å². The van der Waals surface area contributed by atoms with E-state index in [2.05, 4.69) is 47.7 Å². The van der Waals surface area contributed by atoms with Crippen LogP contribution in [0.4, 0.5) is 0 Å². The van der Waals surface area contributed by atoms with E-state index in [-0.39, 0.29) is 12.4 Å². The van der Waals surface area contributed by atoms with Gasteiger partial charge in [0, 0.05) is 40.1 Å². The van der Waals surface area contributed by atoms with Gasteiger partial charge in [0.1, 0.15) is 17.9 Å². The number of rotatable bonds is 5. The summed E-state index contributed by atoms with van der Waals surface area (Å²) in [6, 6.07) is 17.8. The molecule has 0 atom stereocenters. The fraction of sp³-hybridized carbons (Fsp3) is 0.174. The molecular weight excluding hydrogens is 427 g/mol. The van der Waals surface area contributed by atoms with Crippen molar-refractivity contribution in [3.8, 4) is 5.75 Å². The summed E-state index contributed by atoms with van der Waals surface area (Å²) in [5, 5.41) is 1.22. The number of hydrogen-bond acceptors (Lipinski definition) is 2. The van der Waals surface area contributed by atoms with Crippen LogP contribution in [-0.2, 0) is 13.2 Å². The van der Waals surface area contributed by atoms with E-state index in [1.165, 1.54) is 16.8 Å². The van der Waals surface area contributed by atoms with Gasteiger partial charge in [0.25, 0.3) is 0 Å². The number of aryl methyl sites for hydroxylation is 1. The zero-order valence-electron chi connectivity index (χ0n) is 16.2. The molecule has 0 aliphatic carbocycles. The Labute approximate surface area is 186 Å². The Morgan fingerprint density at radius 3 is 2.48 bits per heavy atom. The van der Waals surface area contributed by atoms with Crippen LogP contribution in [0.5, 0.6) is 5.75 Å². The molecule has 2 heterocycles. The van der Waals surface area contributed by atoms with E-state index in [9.17, 15) is 0 Å². The summed E-state index contributed by atoms with van der Waals surface area (Å²) in [7, 11) is 0. The fourth-order valence-electron chi connectivity index (χ4n) is 3.39. The first kappa shape index (κ1) is 21.5. The van der Waals surface area contributed by atoms with Crippen molar-refractivity contribution in [2.24, 2.45) is 0 Å². The lowest BCUT2D eigenvalue weighted by Gasteiger charge is -2.13. The summed E-state index contributed by atoms with van der Waals surface area (Å²) in [4.78, 5) is 4.60. The normalized spacial score (nSPS) is 10.8. The molecule has 0 saturated heterocycles. The predicted molar refractivity (Wildman–Crippen MR) is 123 cm³/mol. The smallest absolute Gasteiger partial charge is 0.147 e. The van der Waals surface area contributed by atoms with Crippen molar-refractivity contribution in [3.05, 3.63) is 93.2 Å². The second-order valence-corrected chi connectivity index (χ2v) is 7.66. The summed E-state index contributed by atoms with van der Waals surface area (Å²) in [6.45, 7) is 5.36. The van der Waals surface area contributed by atoms with Gasteiger partial charge in [0.2, 0.25) is 0 Å². The number of fused-ring (bicyclic) bond motifs is 1. The Bertz CT molecular complexity index is 1140. The third-order valence-electron chi connectivity index (χ3n) is 5.04. The number of nitrogens with zero attached hydrogens (tertiary/aromatic N) is 2. The van der Waals surface area contributed by atoms with Gasteiger partial charge in [-0.15, -0.1) is 12.4 Å². The Morgan fingerprint density at radius 2 is 1.76 bits per heavy atom. The summed E-state index contributed by atoms with van der Waals surface area (Å²) < 4.78 is 8.45. The summed E-state index contributed by atoms with van der Waals surface area (Å²) in [5.74, 6) is 0.795. The van der Waals surface area contributed by atoms with Crippen LogP contribution in [0.15, 0.2) is 60.8 Å². The zero-order chi connectivity index (χ0) is 19.7. The Kier molecular flexibility index (Phi) is 6.74.